The summed E-state index contributed by atoms with van der Waals surface area (Å²) in [4.78, 5) is 3.99. The number of halogens is 2. The van der Waals surface area contributed by atoms with Crippen LogP contribution in [0.25, 0.3) is 0 Å². The van der Waals surface area contributed by atoms with Crippen LogP contribution in [0.3, 0.4) is 0 Å². The Morgan fingerprint density at radius 1 is 1.41 bits per heavy atom. The molecule has 0 saturated carbocycles. The van der Waals surface area contributed by atoms with Crippen LogP contribution in [-0.2, 0) is 13.7 Å². The Morgan fingerprint density at radius 3 is 2.82 bits per heavy atom. The smallest absolute Gasteiger partial charge is 0.202 e. The van der Waals surface area contributed by atoms with Crippen molar-refractivity contribution in [2.75, 3.05) is 5.73 Å². The number of ether oxygens (including phenoxy) is 1. The largest absolute Gasteiger partial charge is 0.480 e. The Labute approximate surface area is 96.6 Å². The summed E-state index contributed by atoms with van der Waals surface area (Å²) in [5.74, 6) is -1.77. The van der Waals surface area contributed by atoms with Gasteiger partial charge in [-0.15, -0.1) is 0 Å². The first-order valence-corrected chi connectivity index (χ1v) is 4.92. The fraction of sp³-hybridized carbons (Fsp3) is 0.182. The Balaban J connectivity index is 2.20. The van der Waals surface area contributed by atoms with Crippen LogP contribution >= 0.6 is 0 Å². The summed E-state index contributed by atoms with van der Waals surface area (Å²) < 4.78 is 33.2. The molecule has 17 heavy (non-hydrogen) atoms. The molecule has 1 aromatic heterocycles. The third kappa shape index (κ3) is 2.20. The molecule has 6 heteroatoms. The molecule has 0 spiro atoms. The lowest BCUT2D eigenvalue weighted by Gasteiger charge is -2.10. The van der Waals surface area contributed by atoms with Crippen molar-refractivity contribution in [2.24, 2.45) is 7.05 Å². The van der Waals surface area contributed by atoms with Crippen molar-refractivity contribution >= 4 is 5.69 Å². The summed E-state index contributed by atoms with van der Waals surface area (Å²) in [5, 5.41) is 0. The maximum absolute atomic E-state index is 13.4. The topological polar surface area (TPSA) is 53.1 Å². The van der Waals surface area contributed by atoms with Gasteiger partial charge >= 0.3 is 0 Å². The van der Waals surface area contributed by atoms with Gasteiger partial charge in [-0.25, -0.2) is 9.37 Å². The van der Waals surface area contributed by atoms with E-state index in [-0.39, 0.29) is 18.0 Å². The second-order valence-corrected chi connectivity index (χ2v) is 3.52. The number of nitrogen functional groups attached to an aromatic ring is 1. The normalized spacial score (nSPS) is 10.5. The predicted octanol–water partition coefficient (Wildman–Crippen LogP) is 1.86. The summed E-state index contributed by atoms with van der Waals surface area (Å²) in [7, 11) is 1.77. The summed E-state index contributed by atoms with van der Waals surface area (Å²) in [6.07, 6.45) is 3.31. The van der Waals surface area contributed by atoms with E-state index < -0.39 is 11.6 Å². The van der Waals surface area contributed by atoms with Gasteiger partial charge in [0.05, 0.1) is 5.69 Å². The molecule has 0 atom stereocenters. The highest BCUT2D eigenvalue weighted by Crippen LogP contribution is 2.27. The molecule has 0 aliphatic rings. The zero-order valence-electron chi connectivity index (χ0n) is 9.15. The Bertz CT molecular complexity index is 540. The summed E-state index contributed by atoms with van der Waals surface area (Å²) in [6, 6.07) is 2.21. The lowest BCUT2D eigenvalue weighted by molar-refractivity contribution is 0.274. The van der Waals surface area contributed by atoms with Crippen LogP contribution in [0.1, 0.15) is 5.82 Å². The number of hydrogen-bond donors (Lipinski definition) is 1. The SMILES string of the molecule is Cn1ccnc1COc1c(N)ccc(F)c1F. The first-order valence-electron chi connectivity index (χ1n) is 4.92. The third-order valence-electron chi connectivity index (χ3n) is 2.35. The molecule has 0 bridgehead atoms. The van der Waals surface area contributed by atoms with Crippen LogP contribution in [0.2, 0.25) is 0 Å². The molecule has 1 heterocycles. The number of nitrogens with zero attached hydrogens (tertiary/aromatic N) is 2. The molecule has 0 fully saturated rings. The maximum atomic E-state index is 13.4. The van der Waals surface area contributed by atoms with Gasteiger partial charge < -0.3 is 15.0 Å². The first kappa shape index (κ1) is 11.4. The van der Waals surface area contributed by atoms with E-state index in [1.165, 1.54) is 6.07 Å². The highest BCUT2D eigenvalue weighted by atomic mass is 19.2. The second kappa shape index (κ2) is 4.40. The molecule has 0 amide bonds. The van der Waals surface area contributed by atoms with Gasteiger partial charge in [0.1, 0.15) is 12.4 Å². The maximum Gasteiger partial charge on any atom is 0.202 e. The van der Waals surface area contributed by atoms with Gasteiger partial charge in [0.2, 0.25) is 5.82 Å². The van der Waals surface area contributed by atoms with Gasteiger partial charge in [-0.2, -0.15) is 4.39 Å². The lowest BCUT2D eigenvalue weighted by atomic mass is 10.3. The predicted molar refractivity (Wildman–Crippen MR) is 58.3 cm³/mol. The van der Waals surface area contributed by atoms with Crippen molar-refractivity contribution in [1.82, 2.24) is 9.55 Å². The number of anilines is 1. The molecule has 1 aromatic carbocycles. The molecule has 90 valence electrons. The van der Waals surface area contributed by atoms with Gasteiger partial charge in [-0.3, -0.25) is 0 Å². The highest BCUT2D eigenvalue weighted by Gasteiger charge is 2.14. The average molecular weight is 239 g/mol. The van der Waals surface area contributed by atoms with Crippen LogP contribution in [0.4, 0.5) is 14.5 Å². The van der Waals surface area contributed by atoms with Crippen molar-refractivity contribution in [3.05, 3.63) is 42.0 Å². The second-order valence-electron chi connectivity index (χ2n) is 3.52. The number of nitrogens with two attached hydrogens (primary N) is 1. The Hall–Kier alpha value is -2.11. The average Bonchev–Trinajstić information content (AvgIpc) is 2.70. The number of aryl methyl sites for hydroxylation is 1. The summed E-state index contributed by atoms with van der Waals surface area (Å²) >= 11 is 0. The van der Waals surface area contributed by atoms with E-state index >= 15 is 0 Å². The van der Waals surface area contributed by atoms with Gasteiger partial charge in [0.15, 0.2) is 11.6 Å². The zero-order chi connectivity index (χ0) is 12.4. The van der Waals surface area contributed by atoms with Crippen molar-refractivity contribution in [1.29, 1.82) is 0 Å². The van der Waals surface area contributed by atoms with Gasteiger partial charge in [0, 0.05) is 19.4 Å². The Morgan fingerprint density at radius 2 is 2.18 bits per heavy atom. The molecular weight excluding hydrogens is 228 g/mol. The number of imidazole rings is 1. The molecule has 2 N–H and O–H groups in total. The standard InChI is InChI=1S/C11H11F2N3O/c1-16-5-4-15-9(16)6-17-11-8(14)3-2-7(12)10(11)13/h2-5H,6,14H2,1H3. The lowest BCUT2D eigenvalue weighted by Crippen LogP contribution is -2.06. The number of aromatic nitrogens is 2. The van der Waals surface area contributed by atoms with Crippen LogP contribution in [0.5, 0.6) is 5.75 Å². The minimum Gasteiger partial charge on any atom is -0.480 e. The van der Waals surface area contributed by atoms with Crippen LogP contribution in [0, 0.1) is 11.6 Å². The van der Waals surface area contributed by atoms with E-state index in [1.54, 1.807) is 24.0 Å². The van der Waals surface area contributed by atoms with E-state index in [0.29, 0.717) is 5.82 Å². The first-order chi connectivity index (χ1) is 8.09. The number of benzene rings is 1. The van der Waals surface area contributed by atoms with E-state index in [2.05, 4.69) is 4.98 Å². The molecule has 2 aromatic rings. The molecule has 4 nitrogen and oxygen atoms in total. The monoisotopic (exact) mass is 239 g/mol. The summed E-state index contributed by atoms with van der Waals surface area (Å²) in [5.41, 5.74) is 5.56. The van der Waals surface area contributed by atoms with Crippen LogP contribution in [-0.4, -0.2) is 9.55 Å². The third-order valence-corrected chi connectivity index (χ3v) is 2.35. The summed E-state index contributed by atoms with van der Waals surface area (Å²) in [6.45, 7) is 0.0219. The fourth-order valence-corrected chi connectivity index (χ4v) is 1.37. The minimum absolute atomic E-state index is 0.0219. The van der Waals surface area contributed by atoms with Crippen molar-refractivity contribution in [3.8, 4) is 5.75 Å². The molecule has 0 saturated heterocycles. The van der Waals surface area contributed by atoms with Crippen molar-refractivity contribution < 1.29 is 13.5 Å². The molecular formula is C11H11F2N3O. The molecule has 0 aliphatic carbocycles. The zero-order valence-corrected chi connectivity index (χ0v) is 9.15. The molecule has 2 rings (SSSR count). The van der Waals surface area contributed by atoms with Crippen LogP contribution < -0.4 is 10.5 Å². The van der Waals surface area contributed by atoms with E-state index in [0.717, 1.165) is 6.07 Å². The fourth-order valence-electron chi connectivity index (χ4n) is 1.37. The number of rotatable bonds is 3. The highest BCUT2D eigenvalue weighted by molar-refractivity contribution is 5.53. The van der Waals surface area contributed by atoms with Crippen molar-refractivity contribution in [2.45, 2.75) is 6.61 Å². The van der Waals surface area contributed by atoms with Gasteiger partial charge in [-0.05, 0) is 12.1 Å². The quantitative estimate of drug-likeness (QED) is 0.832. The van der Waals surface area contributed by atoms with E-state index in [4.69, 9.17) is 10.5 Å². The number of hydrogen-bond acceptors (Lipinski definition) is 3. The molecule has 0 unspecified atom stereocenters. The van der Waals surface area contributed by atoms with Crippen LogP contribution in [0.15, 0.2) is 24.5 Å². The van der Waals surface area contributed by atoms with Crippen molar-refractivity contribution in [3.63, 3.8) is 0 Å². The van der Waals surface area contributed by atoms with Gasteiger partial charge in [-0.1, -0.05) is 0 Å². The van der Waals surface area contributed by atoms with E-state index in [1.807, 2.05) is 0 Å². The molecule has 0 aliphatic heterocycles. The van der Waals surface area contributed by atoms with Gasteiger partial charge in [0.25, 0.3) is 0 Å². The minimum atomic E-state index is -1.08. The van der Waals surface area contributed by atoms with E-state index in [9.17, 15) is 8.78 Å². The molecule has 0 radical (unpaired) electrons. The Kier molecular flexibility index (Phi) is 2.95.